The molecule has 1 aromatic carbocycles. The van der Waals surface area contributed by atoms with Crippen LogP contribution in [0, 0.1) is 5.92 Å². The molecule has 202 valence electrons. The number of hydrogen-bond acceptors (Lipinski definition) is 7. The van der Waals surface area contributed by atoms with Crippen LogP contribution in [0.25, 0.3) is 5.57 Å². The predicted octanol–water partition coefficient (Wildman–Crippen LogP) is 2.37. The smallest absolute Gasteiger partial charge is 0.208 e. The van der Waals surface area contributed by atoms with Crippen molar-refractivity contribution in [3.63, 3.8) is 0 Å². The standard InChI is InChI=1S/C26H37FN6O3S/c1-3-16-14-18(34)4-5-19(16)20-6-7-21-24(23(20)27)31-32-25(21)26-28-15-22(30-26)17-8-11-33(12-9-17)13-10-29-37(2,35)36/h4-5,8,14-15,20-21,23-25,29,31-32,34H,3,6-7,9-13H2,1-2H3,(H,28,30). The number of imidazole rings is 1. The van der Waals surface area contributed by atoms with Gasteiger partial charge in [-0.15, -0.1) is 0 Å². The number of halogens is 1. The van der Waals surface area contributed by atoms with Crippen molar-refractivity contribution in [3.05, 3.63) is 53.1 Å². The van der Waals surface area contributed by atoms with E-state index in [1.165, 1.54) is 11.8 Å². The number of nitrogens with zero attached hydrogens (tertiary/aromatic N) is 2. The summed E-state index contributed by atoms with van der Waals surface area (Å²) in [6, 6.07) is 4.90. The van der Waals surface area contributed by atoms with Gasteiger partial charge in [-0.05, 0) is 54.5 Å². The molecule has 5 unspecified atom stereocenters. The summed E-state index contributed by atoms with van der Waals surface area (Å²) in [5.41, 5.74) is 10.7. The number of hydrazine groups is 1. The van der Waals surface area contributed by atoms with Crippen molar-refractivity contribution in [2.24, 2.45) is 5.92 Å². The molecule has 5 atom stereocenters. The lowest BCUT2D eigenvalue weighted by molar-refractivity contribution is 0.135. The van der Waals surface area contributed by atoms with Crippen LogP contribution in [0.3, 0.4) is 0 Å². The van der Waals surface area contributed by atoms with Crippen LogP contribution in [0.1, 0.15) is 60.8 Å². The summed E-state index contributed by atoms with van der Waals surface area (Å²) in [6.45, 7) is 4.71. The van der Waals surface area contributed by atoms with Crippen molar-refractivity contribution in [3.8, 4) is 5.75 Å². The number of nitrogens with one attached hydrogen (secondary N) is 4. The average Bonchev–Trinajstić information content (AvgIpc) is 3.52. The lowest BCUT2D eigenvalue weighted by Crippen LogP contribution is -2.45. The van der Waals surface area contributed by atoms with Crippen LogP contribution in [0.15, 0.2) is 30.5 Å². The Kier molecular flexibility index (Phi) is 7.69. The van der Waals surface area contributed by atoms with Gasteiger partial charge in [0.1, 0.15) is 17.7 Å². The third-order valence-corrected chi connectivity index (χ3v) is 8.79. The van der Waals surface area contributed by atoms with Crippen molar-refractivity contribution in [2.45, 2.75) is 56.8 Å². The maximum absolute atomic E-state index is 15.8. The topological polar surface area (TPSA) is 122 Å². The minimum Gasteiger partial charge on any atom is -0.508 e. The van der Waals surface area contributed by atoms with Crippen LogP contribution in [-0.2, 0) is 16.4 Å². The summed E-state index contributed by atoms with van der Waals surface area (Å²) in [5.74, 6) is 0.939. The van der Waals surface area contributed by atoms with Gasteiger partial charge >= 0.3 is 0 Å². The van der Waals surface area contributed by atoms with Crippen LogP contribution in [0.2, 0.25) is 0 Å². The molecule has 5 N–H and O–H groups in total. The number of alkyl halides is 1. The zero-order valence-electron chi connectivity index (χ0n) is 21.4. The summed E-state index contributed by atoms with van der Waals surface area (Å²) < 4.78 is 40.9. The van der Waals surface area contributed by atoms with Crippen LogP contribution in [-0.4, -0.2) is 73.0 Å². The molecule has 0 radical (unpaired) electrons. The van der Waals surface area contributed by atoms with E-state index in [1.54, 1.807) is 12.1 Å². The van der Waals surface area contributed by atoms with Crippen LogP contribution in [0.4, 0.5) is 4.39 Å². The number of H-pyrrole nitrogens is 1. The van der Waals surface area contributed by atoms with Gasteiger partial charge in [0.25, 0.3) is 0 Å². The molecule has 9 nitrogen and oxygen atoms in total. The zero-order chi connectivity index (χ0) is 26.2. The molecule has 1 aliphatic carbocycles. The van der Waals surface area contributed by atoms with E-state index >= 15 is 4.39 Å². The van der Waals surface area contributed by atoms with Gasteiger partial charge in [-0.1, -0.05) is 19.1 Å². The summed E-state index contributed by atoms with van der Waals surface area (Å²) in [4.78, 5) is 10.3. The SMILES string of the molecule is CCc1cc(O)ccc1C1CCC2C(c3ncc(C4=CCN(CCNS(C)(=O)=O)CC4)[nH]3)NNC2C1F. The number of rotatable bonds is 8. The Morgan fingerprint density at radius 2 is 2.11 bits per heavy atom. The molecule has 1 aromatic heterocycles. The number of aromatic amines is 1. The molecule has 3 heterocycles. The van der Waals surface area contributed by atoms with Crippen molar-refractivity contribution in [2.75, 3.05) is 32.4 Å². The number of aromatic nitrogens is 2. The zero-order valence-corrected chi connectivity index (χ0v) is 22.2. The van der Waals surface area contributed by atoms with Gasteiger partial charge in [-0.3, -0.25) is 10.3 Å². The number of aryl methyl sites for hydroxylation is 1. The number of benzene rings is 1. The Hall–Kier alpha value is -2.31. The van der Waals surface area contributed by atoms with Crippen LogP contribution in [0.5, 0.6) is 5.75 Å². The van der Waals surface area contributed by atoms with Gasteiger partial charge < -0.3 is 10.1 Å². The fourth-order valence-corrected chi connectivity index (χ4v) is 6.58. The van der Waals surface area contributed by atoms with E-state index in [4.69, 9.17) is 0 Å². The van der Waals surface area contributed by atoms with Crippen LogP contribution >= 0.6 is 0 Å². The van der Waals surface area contributed by atoms with Gasteiger partial charge in [0.15, 0.2) is 0 Å². The fraction of sp³-hybridized carbons (Fsp3) is 0.577. The average molecular weight is 533 g/mol. The Morgan fingerprint density at radius 1 is 1.27 bits per heavy atom. The lowest BCUT2D eigenvalue weighted by atomic mass is 9.71. The van der Waals surface area contributed by atoms with Crippen molar-refractivity contribution in [1.82, 2.24) is 30.4 Å². The van der Waals surface area contributed by atoms with Gasteiger partial charge in [0.2, 0.25) is 10.0 Å². The van der Waals surface area contributed by atoms with Gasteiger partial charge in [-0.25, -0.2) is 27.9 Å². The van der Waals surface area contributed by atoms with Crippen molar-refractivity contribution in [1.29, 1.82) is 0 Å². The molecule has 5 rings (SSSR count). The number of aromatic hydroxyl groups is 1. The number of phenolic OH excluding ortho intramolecular Hbond substituents is 1. The van der Waals surface area contributed by atoms with Crippen LogP contribution < -0.4 is 15.6 Å². The normalized spacial score (nSPS) is 28.7. The molecule has 0 spiro atoms. The first-order chi connectivity index (χ1) is 17.7. The largest absolute Gasteiger partial charge is 0.508 e. The summed E-state index contributed by atoms with van der Waals surface area (Å²) in [6.07, 6.45) is 7.40. The fourth-order valence-electron chi connectivity index (χ4n) is 6.12. The lowest BCUT2D eigenvalue weighted by Gasteiger charge is -2.36. The molecule has 1 saturated heterocycles. The highest BCUT2D eigenvalue weighted by Gasteiger charge is 2.48. The Balaban J connectivity index is 1.22. The molecule has 3 aliphatic rings. The molecule has 2 aliphatic heterocycles. The monoisotopic (exact) mass is 532 g/mol. The highest BCUT2D eigenvalue weighted by Crippen LogP contribution is 2.45. The van der Waals surface area contributed by atoms with Gasteiger partial charge in [0, 0.05) is 38.0 Å². The van der Waals surface area contributed by atoms with Gasteiger partial charge in [0.05, 0.1) is 30.2 Å². The third-order valence-electron chi connectivity index (χ3n) is 8.06. The summed E-state index contributed by atoms with van der Waals surface area (Å²) in [7, 11) is -3.17. The van der Waals surface area contributed by atoms with E-state index in [0.29, 0.717) is 13.1 Å². The quantitative estimate of drug-likeness (QED) is 0.354. The Bertz CT molecular complexity index is 1250. The minimum absolute atomic E-state index is 0.0885. The molecular formula is C26H37FN6O3S. The first-order valence-corrected chi connectivity index (χ1v) is 15.0. The van der Waals surface area contributed by atoms with Crippen molar-refractivity contribution >= 4 is 15.6 Å². The number of fused-ring (bicyclic) bond motifs is 1. The Morgan fingerprint density at radius 3 is 2.84 bits per heavy atom. The van der Waals surface area contributed by atoms with E-state index in [2.05, 4.69) is 36.5 Å². The number of sulfonamides is 1. The van der Waals surface area contributed by atoms with E-state index in [9.17, 15) is 13.5 Å². The van der Waals surface area contributed by atoms with Gasteiger partial charge in [-0.2, -0.15) is 0 Å². The second-order valence-electron chi connectivity index (χ2n) is 10.4. The summed E-state index contributed by atoms with van der Waals surface area (Å²) in [5, 5.41) is 9.86. The predicted molar refractivity (Wildman–Crippen MR) is 141 cm³/mol. The number of hydrogen-bond donors (Lipinski definition) is 5. The second kappa shape index (κ2) is 10.8. The highest BCUT2D eigenvalue weighted by molar-refractivity contribution is 7.88. The second-order valence-corrected chi connectivity index (χ2v) is 12.3. The molecule has 37 heavy (non-hydrogen) atoms. The first-order valence-electron chi connectivity index (χ1n) is 13.1. The minimum atomic E-state index is -3.17. The van der Waals surface area contributed by atoms with E-state index in [1.807, 2.05) is 19.2 Å². The summed E-state index contributed by atoms with van der Waals surface area (Å²) >= 11 is 0. The number of phenols is 1. The molecule has 2 fully saturated rings. The molecule has 0 bridgehead atoms. The molecule has 11 heteroatoms. The first kappa shape index (κ1) is 26.3. The van der Waals surface area contributed by atoms with E-state index in [-0.39, 0.29) is 29.7 Å². The highest BCUT2D eigenvalue weighted by atomic mass is 32.2. The van der Waals surface area contributed by atoms with E-state index in [0.717, 1.165) is 61.4 Å². The molecule has 0 amide bonds. The molecule has 1 saturated carbocycles. The Labute approximate surface area is 218 Å². The van der Waals surface area contributed by atoms with E-state index < -0.39 is 16.2 Å². The van der Waals surface area contributed by atoms with Crippen molar-refractivity contribution < 1.29 is 17.9 Å². The third kappa shape index (κ3) is 5.75. The molecular weight excluding hydrogens is 495 g/mol. The maximum atomic E-state index is 15.8. The maximum Gasteiger partial charge on any atom is 0.208 e. The molecule has 2 aromatic rings.